The van der Waals surface area contributed by atoms with Crippen LogP contribution in [0.5, 0.6) is 11.5 Å². The molecule has 0 saturated heterocycles. The van der Waals surface area contributed by atoms with Gasteiger partial charge in [0.05, 0.1) is 17.7 Å². The van der Waals surface area contributed by atoms with E-state index in [1.807, 2.05) is 90.2 Å². The summed E-state index contributed by atoms with van der Waals surface area (Å²) in [6, 6.07) is 19.2. The first kappa shape index (κ1) is 50.4. The van der Waals surface area contributed by atoms with Gasteiger partial charge in [-0.05, 0) is 156 Å². The van der Waals surface area contributed by atoms with E-state index in [-0.39, 0.29) is 33.5 Å². The number of hydrogen-bond acceptors (Lipinski definition) is 10. The number of Topliss-reactive ketones (excluding diaryl/α,β-unsaturated/α-hetero) is 2. The van der Waals surface area contributed by atoms with E-state index < -0.39 is 7.12 Å². The van der Waals surface area contributed by atoms with Crippen molar-refractivity contribution in [2.24, 2.45) is 0 Å². The number of carbonyl (C=O) groups is 2. The number of carbonyl (C=O) groups excluding carboxylic acids is 2. The molecule has 70 heavy (non-hydrogen) atoms. The molecule has 0 atom stereocenters. The standard InChI is InChI=1S/C28H30N2O3.C22H24BrNO3.C6H8BNO2/c1-17-12-19(3)30-27(32)22(17)8-9-25(31)21-13-23(20-7-6-18(2)29-15-20)26-24(14-21)28(16-33-26)10-4-5-11-28;1-13-9-14(2)24-21(26)16(13)5-6-19(25)15-10-17-20(18(23)11-15)27-12-22(17)7-3-4-8-22;1-5-2-3-6(4-8-5)7(9)10/h6-7,12-15H,4-5,8-11,16H2,1-3H3,(H,30,32);9-11H,3-8,12H2,1-2H3,(H,24,26);2-4,9-10H,1H3. The fraction of sp³-hybridized carbons (Fsp3) is 0.393. The number of ether oxygens (including phenoxy) is 2. The monoisotopic (exact) mass is 1010 g/mol. The SMILES string of the molecule is Cc1cc(C)c(CCC(=O)c2cc(Br)c3c(c2)C2(CCCC2)CO3)c(=O)[nH]1.Cc1ccc(-c2cc(C(=O)CCc3c(C)cc(C)[nH]c3=O)cc3c2OCC32CCCC2)cn1.Cc1ccc(B(O)O)cn1. The van der Waals surface area contributed by atoms with E-state index in [0.29, 0.717) is 60.0 Å². The topological polar surface area (TPSA) is 185 Å². The van der Waals surface area contributed by atoms with Gasteiger partial charge in [0.25, 0.3) is 11.1 Å². The first-order valence-electron chi connectivity index (χ1n) is 24.4. The fourth-order valence-electron chi connectivity index (χ4n) is 10.8. The Morgan fingerprint density at radius 3 is 1.57 bits per heavy atom. The molecular weight excluding hydrogens is 947 g/mol. The molecule has 364 valence electrons. The van der Waals surface area contributed by atoms with Gasteiger partial charge in [-0.25, -0.2) is 0 Å². The van der Waals surface area contributed by atoms with Crippen LogP contribution in [0.15, 0.2) is 87.1 Å². The number of nitrogens with one attached hydrogen (secondary N) is 2. The summed E-state index contributed by atoms with van der Waals surface area (Å²) in [4.78, 5) is 64.9. The molecule has 2 aromatic carbocycles. The number of aromatic amines is 2. The zero-order chi connectivity index (χ0) is 49.9. The molecule has 0 amide bonds. The van der Waals surface area contributed by atoms with Crippen LogP contribution in [0.25, 0.3) is 11.1 Å². The number of pyridine rings is 4. The number of ketones is 2. The minimum atomic E-state index is -1.41. The van der Waals surface area contributed by atoms with Gasteiger partial charge in [0, 0.05) is 109 Å². The molecule has 4 N–H and O–H groups in total. The highest BCUT2D eigenvalue weighted by Gasteiger charge is 2.45. The highest BCUT2D eigenvalue weighted by atomic mass is 79.9. The van der Waals surface area contributed by atoms with Crippen LogP contribution in [0.3, 0.4) is 0 Å². The Balaban J connectivity index is 0.000000160. The normalized spacial score (nSPS) is 15.6. The third-order valence-electron chi connectivity index (χ3n) is 14.7. The van der Waals surface area contributed by atoms with Crippen molar-refractivity contribution in [3.63, 3.8) is 0 Å². The Bertz CT molecular complexity index is 3040. The van der Waals surface area contributed by atoms with Gasteiger partial charge in [-0.2, -0.15) is 0 Å². The Kier molecular flexibility index (Phi) is 15.3. The predicted octanol–water partition coefficient (Wildman–Crippen LogP) is 9.23. The zero-order valence-corrected chi connectivity index (χ0v) is 42.6. The maximum atomic E-state index is 13.4. The Hall–Kier alpha value is -5.96. The van der Waals surface area contributed by atoms with Crippen molar-refractivity contribution in [1.29, 1.82) is 0 Å². The van der Waals surface area contributed by atoms with Crippen molar-refractivity contribution < 1.29 is 29.1 Å². The number of rotatable bonds is 10. The van der Waals surface area contributed by atoms with Crippen LogP contribution in [0.4, 0.5) is 0 Å². The number of fused-ring (bicyclic) bond motifs is 4. The number of hydrogen-bond donors (Lipinski definition) is 4. The van der Waals surface area contributed by atoms with Gasteiger partial charge in [0.15, 0.2) is 11.6 Å². The largest absolute Gasteiger partial charge is 0.492 e. The minimum absolute atomic E-state index is 0.0171. The number of aromatic nitrogens is 4. The number of halogens is 1. The van der Waals surface area contributed by atoms with Gasteiger partial charge < -0.3 is 29.5 Å². The molecule has 4 aromatic heterocycles. The third-order valence-corrected chi connectivity index (χ3v) is 15.3. The Morgan fingerprint density at radius 2 is 1.11 bits per heavy atom. The molecule has 6 aromatic rings. The zero-order valence-electron chi connectivity index (χ0n) is 41.0. The maximum Gasteiger partial charge on any atom is 0.490 e. The second-order valence-corrected chi connectivity index (χ2v) is 20.7. The molecule has 2 spiro atoms. The molecule has 2 saturated carbocycles. The van der Waals surface area contributed by atoms with Gasteiger partial charge in [-0.3, -0.25) is 29.1 Å². The van der Waals surface area contributed by atoms with Crippen molar-refractivity contribution in [2.45, 2.75) is 129 Å². The molecule has 14 heteroatoms. The minimum Gasteiger partial charge on any atom is -0.492 e. The van der Waals surface area contributed by atoms with Crippen LogP contribution >= 0.6 is 15.9 Å². The summed E-state index contributed by atoms with van der Waals surface area (Å²) in [5.74, 6) is 1.93. The lowest BCUT2D eigenvalue weighted by Gasteiger charge is -2.22. The summed E-state index contributed by atoms with van der Waals surface area (Å²) in [6.07, 6.45) is 14.1. The molecule has 0 bridgehead atoms. The highest BCUT2D eigenvalue weighted by Crippen LogP contribution is 2.53. The van der Waals surface area contributed by atoms with Gasteiger partial charge in [0.2, 0.25) is 0 Å². The third kappa shape index (κ3) is 10.8. The van der Waals surface area contributed by atoms with Crippen LogP contribution in [-0.2, 0) is 23.7 Å². The van der Waals surface area contributed by atoms with Crippen LogP contribution in [-0.4, -0.2) is 61.9 Å². The fourth-order valence-corrected chi connectivity index (χ4v) is 11.3. The predicted molar refractivity (Wildman–Crippen MR) is 277 cm³/mol. The summed E-state index contributed by atoms with van der Waals surface area (Å²) in [5.41, 5.74) is 12.8. The van der Waals surface area contributed by atoms with Gasteiger partial charge >= 0.3 is 7.12 Å². The maximum absolute atomic E-state index is 13.4. The quantitative estimate of drug-likeness (QED) is 0.0762. The summed E-state index contributed by atoms with van der Waals surface area (Å²) < 4.78 is 13.1. The smallest absolute Gasteiger partial charge is 0.490 e. The van der Waals surface area contributed by atoms with E-state index in [0.717, 1.165) is 93.3 Å². The summed E-state index contributed by atoms with van der Waals surface area (Å²) in [6.45, 7) is 12.8. The molecule has 2 aliphatic carbocycles. The van der Waals surface area contributed by atoms with Crippen molar-refractivity contribution >= 4 is 40.1 Å². The molecule has 6 heterocycles. The lowest BCUT2D eigenvalue weighted by molar-refractivity contribution is 0.0974. The molecule has 2 aliphatic heterocycles. The van der Waals surface area contributed by atoms with Crippen LogP contribution in [0, 0.1) is 41.5 Å². The van der Waals surface area contributed by atoms with Gasteiger partial charge in [0.1, 0.15) is 11.5 Å². The van der Waals surface area contributed by atoms with E-state index in [9.17, 15) is 19.2 Å². The first-order chi connectivity index (χ1) is 33.5. The van der Waals surface area contributed by atoms with E-state index in [1.165, 1.54) is 43.0 Å². The molecule has 4 aliphatic rings. The highest BCUT2D eigenvalue weighted by molar-refractivity contribution is 9.10. The lowest BCUT2D eigenvalue weighted by Crippen LogP contribution is -2.29. The Morgan fingerprint density at radius 1 is 0.643 bits per heavy atom. The van der Waals surface area contributed by atoms with Crippen molar-refractivity contribution in [3.8, 4) is 22.6 Å². The van der Waals surface area contributed by atoms with Gasteiger partial charge in [-0.15, -0.1) is 0 Å². The lowest BCUT2D eigenvalue weighted by atomic mass is 9.79. The van der Waals surface area contributed by atoms with Crippen molar-refractivity contribution in [1.82, 2.24) is 19.9 Å². The average Bonchev–Trinajstić information content (AvgIpc) is 4.15. The first-order valence-corrected chi connectivity index (χ1v) is 25.2. The second-order valence-electron chi connectivity index (χ2n) is 19.8. The van der Waals surface area contributed by atoms with Gasteiger partial charge in [-0.1, -0.05) is 37.8 Å². The van der Waals surface area contributed by atoms with Crippen LogP contribution in [0.2, 0.25) is 0 Å². The average molecular weight is 1010 g/mol. The molecule has 0 radical (unpaired) electrons. The van der Waals surface area contributed by atoms with Crippen LogP contribution in [0.1, 0.15) is 141 Å². The van der Waals surface area contributed by atoms with E-state index in [4.69, 9.17) is 19.5 Å². The van der Waals surface area contributed by atoms with E-state index >= 15 is 0 Å². The number of aryl methyl sites for hydroxylation is 6. The molecule has 2 fully saturated rings. The molecule has 10 rings (SSSR count). The summed E-state index contributed by atoms with van der Waals surface area (Å²) in [5, 5.41) is 17.3. The Labute approximate surface area is 418 Å². The van der Waals surface area contributed by atoms with Crippen molar-refractivity contribution in [2.75, 3.05) is 13.2 Å². The molecule has 0 unspecified atom stereocenters. The number of nitrogens with zero attached hydrogens (tertiary/aromatic N) is 2. The summed E-state index contributed by atoms with van der Waals surface area (Å²) >= 11 is 3.59. The summed E-state index contributed by atoms with van der Waals surface area (Å²) in [7, 11) is -1.41. The van der Waals surface area contributed by atoms with Crippen molar-refractivity contribution in [3.05, 3.63) is 166 Å². The molecular formula is C56H62BBrN4O8. The van der Waals surface area contributed by atoms with E-state index in [1.54, 1.807) is 12.1 Å². The number of H-pyrrole nitrogens is 2. The number of benzene rings is 2. The van der Waals surface area contributed by atoms with E-state index in [2.05, 4.69) is 41.9 Å². The second kappa shape index (κ2) is 21.2. The van der Waals surface area contributed by atoms with Crippen LogP contribution < -0.4 is 26.1 Å². The molecule has 12 nitrogen and oxygen atoms in total.